The van der Waals surface area contributed by atoms with Crippen molar-refractivity contribution >= 4 is 0 Å². The topological polar surface area (TPSA) is 3.24 Å². The Kier molecular flexibility index (Phi) is 4.52. The summed E-state index contributed by atoms with van der Waals surface area (Å²) < 4.78 is 0. The molecule has 0 amide bonds. The van der Waals surface area contributed by atoms with Gasteiger partial charge >= 0.3 is 0 Å². The molecule has 0 aliphatic rings. The SMILES string of the molecule is C=C(CC(C)CC(C)(C)C)N(C)C. The maximum Gasteiger partial charge on any atom is 0.00579 e. The third-order valence-electron chi connectivity index (χ3n) is 2.18. The Bertz CT molecular complexity index is 162. The molecule has 0 aromatic carbocycles. The van der Waals surface area contributed by atoms with Crippen molar-refractivity contribution in [3.05, 3.63) is 12.3 Å². The van der Waals surface area contributed by atoms with Crippen LogP contribution < -0.4 is 0 Å². The number of nitrogens with zero attached hydrogens (tertiary/aromatic N) is 1. The number of hydrogen-bond donors (Lipinski definition) is 0. The van der Waals surface area contributed by atoms with Gasteiger partial charge in [0.25, 0.3) is 0 Å². The zero-order valence-electron chi connectivity index (χ0n) is 10.1. The molecule has 0 rings (SSSR count). The lowest BCUT2D eigenvalue weighted by molar-refractivity contribution is 0.294. The van der Waals surface area contributed by atoms with Gasteiger partial charge in [-0.2, -0.15) is 0 Å². The van der Waals surface area contributed by atoms with Crippen LogP contribution in [0, 0.1) is 11.3 Å². The van der Waals surface area contributed by atoms with Gasteiger partial charge in [-0.3, -0.25) is 0 Å². The van der Waals surface area contributed by atoms with Gasteiger partial charge < -0.3 is 4.90 Å². The molecule has 1 unspecified atom stereocenters. The molecule has 78 valence electrons. The molecule has 1 nitrogen and oxygen atoms in total. The Labute approximate surface area is 83.8 Å². The lowest BCUT2D eigenvalue weighted by atomic mass is 9.84. The highest BCUT2D eigenvalue weighted by atomic mass is 15.1. The lowest BCUT2D eigenvalue weighted by Gasteiger charge is -2.25. The van der Waals surface area contributed by atoms with Gasteiger partial charge in [0.2, 0.25) is 0 Å². The normalized spacial score (nSPS) is 14.0. The van der Waals surface area contributed by atoms with E-state index in [2.05, 4.69) is 53.3 Å². The van der Waals surface area contributed by atoms with Crippen LogP contribution in [0.15, 0.2) is 12.3 Å². The zero-order chi connectivity index (χ0) is 10.6. The van der Waals surface area contributed by atoms with Crippen LogP contribution in [0.1, 0.15) is 40.5 Å². The summed E-state index contributed by atoms with van der Waals surface area (Å²) in [6.07, 6.45) is 2.38. The number of allylic oxidation sites excluding steroid dienone is 1. The van der Waals surface area contributed by atoms with Crippen LogP contribution in [0.25, 0.3) is 0 Å². The minimum absolute atomic E-state index is 0.437. The first-order valence-electron chi connectivity index (χ1n) is 5.07. The molecule has 0 aliphatic heterocycles. The predicted molar refractivity (Wildman–Crippen MR) is 60.7 cm³/mol. The van der Waals surface area contributed by atoms with Crippen LogP contribution >= 0.6 is 0 Å². The zero-order valence-corrected chi connectivity index (χ0v) is 10.1. The fraction of sp³-hybridized carbons (Fsp3) is 0.833. The second-order valence-corrected chi connectivity index (χ2v) is 5.53. The summed E-state index contributed by atoms with van der Waals surface area (Å²) in [5.41, 5.74) is 1.67. The second-order valence-electron chi connectivity index (χ2n) is 5.53. The average Bonchev–Trinajstić information content (AvgIpc) is 1.81. The van der Waals surface area contributed by atoms with E-state index < -0.39 is 0 Å². The highest BCUT2D eigenvalue weighted by Gasteiger charge is 2.16. The molecular weight excluding hydrogens is 158 g/mol. The second kappa shape index (κ2) is 4.69. The molecule has 1 heteroatoms. The van der Waals surface area contributed by atoms with Crippen molar-refractivity contribution in [2.24, 2.45) is 11.3 Å². The van der Waals surface area contributed by atoms with E-state index in [1.807, 2.05) is 0 Å². The molecule has 0 aliphatic carbocycles. The van der Waals surface area contributed by atoms with E-state index in [4.69, 9.17) is 0 Å². The van der Waals surface area contributed by atoms with Crippen LogP contribution in [0.3, 0.4) is 0 Å². The first-order valence-corrected chi connectivity index (χ1v) is 5.07. The molecule has 0 N–H and O–H groups in total. The molecule has 0 radical (unpaired) electrons. The third-order valence-corrected chi connectivity index (χ3v) is 2.18. The molecule has 0 aromatic heterocycles. The largest absolute Gasteiger partial charge is 0.381 e. The van der Waals surface area contributed by atoms with Crippen LogP contribution in [0.4, 0.5) is 0 Å². The third kappa shape index (κ3) is 6.68. The van der Waals surface area contributed by atoms with Crippen LogP contribution in [0.2, 0.25) is 0 Å². The van der Waals surface area contributed by atoms with Gasteiger partial charge in [0, 0.05) is 19.8 Å². The standard InChI is InChI=1S/C12H25N/c1-10(9-12(3,4)5)8-11(2)13(6)7/h10H,2,8-9H2,1,3-7H3. The minimum atomic E-state index is 0.437. The van der Waals surface area contributed by atoms with Gasteiger partial charge in [0.05, 0.1) is 0 Å². The van der Waals surface area contributed by atoms with Crippen molar-refractivity contribution in [1.82, 2.24) is 4.90 Å². The monoisotopic (exact) mass is 183 g/mol. The molecule has 0 saturated heterocycles. The minimum Gasteiger partial charge on any atom is -0.381 e. The molecule has 0 bridgehead atoms. The molecule has 0 aromatic rings. The fourth-order valence-corrected chi connectivity index (χ4v) is 1.70. The van der Waals surface area contributed by atoms with E-state index in [0.29, 0.717) is 5.41 Å². The Morgan fingerprint density at radius 3 is 2.08 bits per heavy atom. The Hall–Kier alpha value is -0.460. The summed E-state index contributed by atoms with van der Waals surface area (Å²) in [6, 6.07) is 0. The Morgan fingerprint density at radius 2 is 1.77 bits per heavy atom. The molecule has 0 heterocycles. The Morgan fingerprint density at radius 1 is 1.31 bits per heavy atom. The van der Waals surface area contributed by atoms with Crippen molar-refractivity contribution in [2.75, 3.05) is 14.1 Å². The summed E-state index contributed by atoms with van der Waals surface area (Å²) in [6.45, 7) is 13.2. The van der Waals surface area contributed by atoms with Crippen LogP contribution in [0.5, 0.6) is 0 Å². The van der Waals surface area contributed by atoms with E-state index in [-0.39, 0.29) is 0 Å². The van der Waals surface area contributed by atoms with Gasteiger partial charge in [-0.1, -0.05) is 34.3 Å². The van der Waals surface area contributed by atoms with E-state index in [1.165, 1.54) is 12.1 Å². The molecule has 0 fully saturated rings. The molecule has 13 heavy (non-hydrogen) atoms. The van der Waals surface area contributed by atoms with Crippen molar-refractivity contribution in [3.63, 3.8) is 0 Å². The van der Waals surface area contributed by atoms with Gasteiger partial charge in [0.1, 0.15) is 0 Å². The molecular formula is C12H25N. The van der Waals surface area contributed by atoms with Gasteiger partial charge in [0.15, 0.2) is 0 Å². The summed E-state index contributed by atoms with van der Waals surface area (Å²) in [7, 11) is 4.12. The maximum absolute atomic E-state index is 4.05. The lowest BCUT2D eigenvalue weighted by Crippen LogP contribution is -2.16. The van der Waals surface area contributed by atoms with Gasteiger partial charge in [-0.15, -0.1) is 0 Å². The van der Waals surface area contributed by atoms with Crippen molar-refractivity contribution in [1.29, 1.82) is 0 Å². The number of rotatable bonds is 4. The van der Waals surface area contributed by atoms with Crippen molar-refractivity contribution in [3.8, 4) is 0 Å². The van der Waals surface area contributed by atoms with Crippen LogP contribution in [-0.2, 0) is 0 Å². The van der Waals surface area contributed by atoms with E-state index in [0.717, 1.165) is 12.3 Å². The summed E-state index contributed by atoms with van der Waals surface area (Å²) in [5, 5.41) is 0. The summed E-state index contributed by atoms with van der Waals surface area (Å²) in [4.78, 5) is 2.11. The Balaban J connectivity index is 3.88. The highest BCUT2D eigenvalue weighted by molar-refractivity contribution is 4.92. The maximum atomic E-state index is 4.05. The van der Waals surface area contributed by atoms with Gasteiger partial charge in [-0.05, 0) is 24.2 Å². The van der Waals surface area contributed by atoms with E-state index in [1.54, 1.807) is 0 Å². The van der Waals surface area contributed by atoms with Crippen molar-refractivity contribution in [2.45, 2.75) is 40.5 Å². The van der Waals surface area contributed by atoms with Crippen molar-refractivity contribution < 1.29 is 0 Å². The number of hydrogen-bond acceptors (Lipinski definition) is 1. The van der Waals surface area contributed by atoms with E-state index in [9.17, 15) is 0 Å². The molecule has 1 atom stereocenters. The van der Waals surface area contributed by atoms with Gasteiger partial charge in [-0.25, -0.2) is 0 Å². The predicted octanol–water partition coefficient (Wildman–Crippen LogP) is 3.52. The molecule has 0 spiro atoms. The molecule has 0 saturated carbocycles. The summed E-state index contributed by atoms with van der Waals surface area (Å²) >= 11 is 0. The van der Waals surface area contributed by atoms with E-state index >= 15 is 0 Å². The van der Waals surface area contributed by atoms with Crippen LogP contribution in [-0.4, -0.2) is 19.0 Å². The smallest absolute Gasteiger partial charge is 0.00579 e. The first kappa shape index (κ1) is 12.5. The fourth-order valence-electron chi connectivity index (χ4n) is 1.70. The summed E-state index contributed by atoms with van der Waals surface area (Å²) in [5.74, 6) is 0.731. The highest BCUT2D eigenvalue weighted by Crippen LogP contribution is 2.27. The quantitative estimate of drug-likeness (QED) is 0.644. The average molecular weight is 183 g/mol. The first-order chi connectivity index (χ1) is 5.72.